The number of rotatable bonds is 2. The average Bonchev–Trinajstić information content (AvgIpc) is 2.39. The second-order valence-corrected chi connectivity index (χ2v) is 8.26. The van der Waals surface area contributed by atoms with Crippen molar-refractivity contribution in [1.82, 2.24) is 0 Å². The maximum atomic E-state index is 12.7. The maximum Gasteiger partial charge on any atom is 0.0771 e. The Kier molecular flexibility index (Phi) is 4.00. The minimum atomic E-state index is -2.39. The van der Waals surface area contributed by atoms with E-state index in [-0.39, 0.29) is 5.41 Å². The monoisotopic (exact) mass is 287 g/mol. The lowest BCUT2D eigenvalue weighted by molar-refractivity contribution is 0.590. The van der Waals surface area contributed by atoms with Crippen molar-refractivity contribution in [1.29, 1.82) is 0 Å². The lowest BCUT2D eigenvalue weighted by Crippen LogP contribution is -2.10. The van der Waals surface area contributed by atoms with E-state index in [0.29, 0.717) is 0 Å². The molecule has 0 amide bonds. The van der Waals surface area contributed by atoms with E-state index in [1.54, 1.807) is 6.26 Å². The van der Waals surface area contributed by atoms with Gasteiger partial charge in [-0.2, -0.15) is 4.36 Å². The van der Waals surface area contributed by atoms with Gasteiger partial charge in [-0.25, -0.2) is 4.21 Å². The molecule has 2 aromatic rings. The first kappa shape index (κ1) is 14.8. The zero-order valence-corrected chi connectivity index (χ0v) is 13.3. The summed E-state index contributed by atoms with van der Waals surface area (Å²) in [4.78, 5) is 0.764. The maximum absolute atomic E-state index is 12.7. The van der Waals surface area contributed by atoms with Gasteiger partial charge in [0.05, 0.1) is 15.4 Å². The highest BCUT2D eigenvalue weighted by Gasteiger charge is 2.13. The van der Waals surface area contributed by atoms with Crippen LogP contribution < -0.4 is 0 Å². The lowest BCUT2D eigenvalue weighted by atomic mass is 9.87. The van der Waals surface area contributed by atoms with E-state index in [4.69, 9.17) is 0 Å². The quantitative estimate of drug-likeness (QED) is 0.782. The standard InChI is InChI=1S/C17H21NOS/c1-17(2,3)14-10-12-15(13-11-14)18-20(4,19)16-8-6-5-7-9-16/h5-13H,1-4H3. The Labute approximate surface area is 122 Å². The first-order valence-corrected chi connectivity index (χ1v) is 8.59. The molecule has 20 heavy (non-hydrogen) atoms. The summed E-state index contributed by atoms with van der Waals surface area (Å²) < 4.78 is 17.1. The molecule has 106 valence electrons. The Morgan fingerprint density at radius 3 is 1.95 bits per heavy atom. The summed E-state index contributed by atoms with van der Waals surface area (Å²) in [5.74, 6) is 0. The van der Waals surface area contributed by atoms with Gasteiger partial charge in [0.25, 0.3) is 0 Å². The van der Waals surface area contributed by atoms with Crippen LogP contribution in [0.25, 0.3) is 0 Å². The van der Waals surface area contributed by atoms with Crippen LogP contribution in [0.15, 0.2) is 63.9 Å². The minimum Gasteiger partial charge on any atom is -0.245 e. The van der Waals surface area contributed by atoms with Gasteiger partial charge >= 0.3 is 0 Å². The Bertz CT molecular complexity index is 688. The van der Waals surface area contributed by atoms with Gasteiger partial charge in [-0.1, -0.05) is 51.1 Å². The molecule has 0 fully saturated rings. The zero-order chi connectivity index (χ0) is 14.8. The molecule has 0 aromatic heterocycles. The van der Waals surface area contributed by atoms with Crippen LogP contribution in [0.2, 0.25) is 0 Å². The van der Waals surface area contributed by atoms with Crippen molar-refractivity contribution in [2.75, 3.05) is 6.26 Å². The summed E-state index contributed by atoms with van der Waals surface area (Å²) in [6.07, 6.45) is 1.68. The van der Waals surface area contributed by atoms with Crippen LogP contribution in [-0.4, -0.2) is 10.5 Å². The molecule has 1 unspecified atom stereocenters. The van der Waals surface area contributed by atoms with E-state index in [2.05, 4.69) is 37.3 Å². The molecule has 0 N–H and O–H groups in total. The average molecular weight is 287 g/mol. The Morgan fingerprint density at radius 1 is 0.900 bits per heavy atom. The summed E-state index contributed by atoms with van der Waals surface area (Å²) >= 11 is 0. The number of benzene rings is 2. The van der Waals surface area contributed by atoms with Crippen LogP contribution in [0.1, 0.15) is 26.3 Å². The van der Waals surface area contributed by atoms with Gasteiger partial charge in [0.1, 0.15) is 0 Å². The predicted molar refractivity (Wildman–Crippen MR) is 86.0 cm³/mol. The Balaban J connectivity index is 2.38. The number of nitrogens with zero attached hydrogens (tertiary/aromatic N) is 1. The van der Waals surface area contributed by atoms with E-state index < -0.39 is 9.73 Å². The molecule has 0 aliphatic rings. The number of hydrogen-bond donors (Lipinski definition) is 0. The molecule has 0 aliphatic carbocycles. The third-order valence-electron chi connectivity index (χ3n) is 3.19. The van der Waals surface area contributed by atoms with Crippen molar-refractivity contribution in [3.8, 4) is 0 Å². The molecule has 2 aromatic carbocycles. The fourth-order valence-electron chi connectivity index (χ4n) is 1.95. The fraction of sp³-hybridized carbons (Fsp3) is 0.294. The minimum absolute atomic E-state index is 0.117. The van der Waals surface area contributed by atoms with Crippen LogP contribution in [0, 0.1) is 0 Å². The highest BCUT2D eigenvalue weighted by Crippen LogP contribution is 2.26. The second-order valence-electron chi connectivity index (χ2n) is 6.00. The van der Waals surface area contributed by atoms with Gasteiger partial charge in [-0.05, 0) is 35.2 Å². The van der Waals surface area contributed by atoms with E-state index in [1.807, 2.05) is 42.5 Å². The first-order chi connectivity index (χ1) is 9.29. The molecule has 3 heteroatoms. The summed E-state index contributed by atoms with van der Waals surface area (Å²) in [5, 5.41) is 0. The molecule has 0 saturated carbocycles. The summed E-state index contributed by atoms with van der Waals surface area (Å²) in [6.45, 7) is 6.52. The fourth-order valence-corrected chi connectivity index (χ4v) is 3.24. The van der Waals surface area contributed by atoms with E-state index in [9.17, 15) is 4.21 Å². The van der Waals surface area contributed by atoms with Crippen LogP contribution >= 0.6 is 0 Å². The van der Waals surface area contributed by atoms with Crippen molar-refractivity contribution in [2.24, 2.45) is 4.36 Å². The molecule has 2 nitrogen and oxygen atoms in total. The lowest BCUT2D eigenvalue weighted by Gasteiger charge is -2.18. The summed E-state index contributed by atoms with van der Waals surface area (Å²) in [7, 11) is -2.39. The smallest absolute Gasteiger partial charge is 0.0771 e. The second kappa shape index (κ2) is 5.41. The topological polar surface area (TPSA) is 29.4 Å². The molecular weight excluding hydrogens is 266 g/mol. The molecular formula is C17H21NOS. The summed E-state index contributed by atoms with van der Waals surface area (Å²) in [5.41, 5.74) is 2.12. The van der Waals surface area contributed by atoms with Crippen LogP contribution in [0.5, 0.6) is 0 Å². The van der Waals surface area contributed by atoms with Crippen LogP contribution in [0.4, 0.5) is 5.69 Å². The van der Waals surface area contributed by atoms with Crippen molar-refractivity contribution < 1.29 is 4.21 Å². The van der Waals surface area contributed by atoms with Gasteiger partial charge < -0.3 is 0 Å². The molecule has 0 radical (unpaired) electrons. The molecule has 0 bridgehead atoms. The van der Waals surface area contributed by atoms with Gasteiger partial charge in [0, 0.05) is 11.2 Å². The van der Waals surface area contributed by atoms with Crippen molar-refractivity contribution in [2.45, 2.75) is 31.1 Å². The third kappa shape index (κ3) is 3.48. The summed E-state index contributed by atoms with van der Waals surface area (Å²) in [6, 6.07) is 17.4. The zero-order valence-electron chi connectivity index (χ0n) is 12.5. The highest BCUT2D eigenvalue weighted by atomic mass is 32.2. The molecule has 0 heterocycles. The molecule has 0 aliphatic heterocycles. The largest absolute Gasteiger partial charge is 0.245 e. The number of hydrogen-bond acceptors (Lipinski definition) is 2. The molecule has 0 spiro atoms. The van der Waals surface area contributed by atoms with E-state index in [0.717, 1.165) is 10.6 Å². The molecule has 0 saturated heterocycles. The third-order valence-corrected chi connectivity index (χ3v) is 4.90. The normalized spacial score (nSPS) is 14.6. The Hall–Kier alpha value is -1.61. The van der Waals surface area contributed by atoms with Gasteiger partial charge in [-0.15, -0.1) is 0 Å². The van der Waals surface area contributed by atoms with Crippen LogP contribution in [0.3, 0.4) is 0 Å². The SMILES string of the molecule is CC(C)(C)c1ccc(N=S(C)(=O)c2ccccc2)cc1. The van der Waals surface area contributed by atoms with Crippen molar-refractivity contribution in [3.05, 3.63) is 60.2 Å². The van der Waals surface area contributed by atoms with Crippen LogP contribution in [-0.2, 0) is 15.1 Å². The van der Waals surface area contributed by atoms with Crippen molar-refractivity contribution >= 4 is 15.4 Å². The Morgan fingerprint density at radius 2 is 1.45 bits per heavy atom. The van der Waals surface area contributed by atoms with E-state index >= 15 is 0 Å². The molecule has 2 rings (SSSR count). The van der Waals surface area contributed by atoms with Gasteiger partial charge in [0.2, 0.25) is 0 Å². The van der Waals surface area contributed by atoms with E-state index in [1.165, 1.54) is 5.56 Å². The highest BCUT2D eigenvalue weighted by molar-refractivity contribution is 7.93. The van der Waals surface area contributed by atoms with Gasteiger partial charge in [-0.3, -0.25) is 0 Å². The molecule has 1 atom stereocenters. The first-order valence-electron chi connectivity index (χ1n) is 6.67. The van der Waals surface area contributed by atoms with Crippen molar-refractivity contribution in [3.63, 3.8) is 0 Å². The predicted octanol–water partition coefficient (Wildman–Crippen LogP) is 4.77. The van der Waals surface area contributed by atoms with Gasteiger partial charge in [0.15, 0.2) is 0 Å².